The van der Waals surface area contributed by atoms with Crippen molar-refractivity contribution in [2.45, 2.75) is 25.3 Å². The zero-order chi connectivity index (χ0) is 26.4. The average Bonchev–Trinajstić information content (AvgIpc) is 3.32. The number of sulfonamides is 1. The van der Waals surface area contributed by atoms with E-state index in [0.717, 1.165) is 21.4 Å². The van der Waals surface area contributed by atoms with Crippen molar-refractivity contribution in [1.82, 2.24) is 14.9 Å². The number of aryl methyl sites for hydroxylation is 1. The number of para-hydroxylation sites is 1. The molecule has 37 heavy (non-hydrogen) atoms. The lowest BCUT2D eigenvalue weighted by Gasteiger charge is -2.24. The smallest absolute Gasteiger partial charge is 0.264 e. The molecule has 8 nitrogen and oxygen atoms in total. The van der Waals surface area contributed by atoms with Crippen LogP contribution in [0.4, 0.5) is 5.69 Å². The number of hydrogen-bond donors (Lipinski definition) is 1. The molecule has 192 valence electrons. The fraction of sp³-hybridized carbons (Fsp3) is 0.185. The highest BCUT2D eigenvalue weighted by Crippen LogP contribution is 2.27. The maximum Gasteiger partial charge on any atom is 0.264 e. The third kappa shape index (κ3) is 6.12. The molecule has 0 radical (unpaired) electrons. The molecular weight excluding hydrogens is 512 g/mol. The van der Waals surface area contributed by atoms with Gasteiger partial charge < -0.3 is 14.6 Å². The highest BCUT2D eigenvalue weighted by molar-refractivity contribution is 7.92. The van der Waals surface area contributed by atoms with Gasteiger partial charge in [-0.3, -0.25) is 9.10 Å². The summed E-state index contributed by atoms with van der Waals surface area (Å²) >= 11 is 5.96. The summed E-state index contributed by atoms with van der Waals surface area (Å²) in [6.07, 6.45) is 3.56. The van der Waals surface area contributed by atoms with Crippen LogP contribution in [0.15, 0.2) is 90.1 Å². The monoisotopic (exact) mass is 538 g/mol. The summed E-state index contributed by atoms with van der Waals surface area (Å²) in [5, 5.41) is 3.27. The van der Waals surface area contributed by atoms with Crippen molar-refractivity contribution in [1.29, 1.82) is 0 Å². The number of nitrogens with zero attached hydrogens (tertiary/aromatic N) is 3. The lowest BCUT2D eigenvalue weighted by Crippen LogP contribution is -2.40. The fourth-order valence-electron chi connectivity index (χ4n) is 3.83. The molecule has 0 saturated heterocycles. The molecule has 0 atom stereocenters. The normalized spacial score (nSPS) is 11.2. The van der Waals surface area contributed by atoms with Gasteiger partial charge in [-0.2, -0.15) is 0 Å². The van der Waals surface area contributed by atoms with Gasteiger partial charge in [0.05, 0.1) is 22.9 Å². The van der Waals surface area contributed by atoms with Crippen molar-refractivity contribution in [2.75, 3.05) is 17.5 Å². The van der Waals surface area contributed by atoms with E-state index in [1.54, 1.807) is 30.5 Å². The van der Waals surface area contributed by atoms with Gasteiger partial charge in [-0.1, -0.05) is 29.8 Å². The Morgan fingerprint density at radius 1 is 1.05 bits per heavy atom. The Bertz CT molecular complexity index is 1470. The van der Waals surface area contributed by atoms with Crippen LogP contribution in [0.3, 0.4) is 0 Å². The Labute approximate surface area is 221 Å². The van der Waals surface area contributed by atoms with Gasteiger partial charge >= 0.3 is 0 Å². The highest BCUT2D eigenvalue weighted by atomic mass is 35.5. The van der Waals surface area contributed by atoms with Crippen LogP contribution in [0.5, 0.6) is 5.75 Å². The molecule has 0 aliphatic carbocycles. The molecule has 0 aliphatic heterocycles. The number of ether oxygens (including phenoxy) is 1. The van der Waals surface area contributed by atoms with Crippen LogP contribution < -0.4 is 14.4 Å². The Balaban J connectivity index is 1.58. The van der Waals surface area contributed by atoms with E-state index >= 15 is 0 Å². The summed E-state index contributed by atoms with van der Waals surface area (Å²) in [4.78, 5) is 17.4. The second kappa shape index (κ2) is 11.5. The lowest BCUT2D eigenvalue weighted by molar-refractivity contribution is -0.119. The largest absolute Gasteiger partial charge is 0.494 e. The Kier molecular flexibility index (Phi) is 8.15. The predicted molar refractivity (Wildman–Crippen MR) is 144 cm³/mol. The molecule has 1 N–H and O–H groups in total. The molecule has 0 spiro atoms. The molecule has 4 aromatic rings. The van der Waals surface area contributed by atoms with Crippen LogP contribution in [-0.2, 0) is 21.4 Å². The molecule has 0 unspecified atom stereocenters. The first-order valence-electron chi connectivity index (χ1n) is 11.7. The van der Waals surface area contributed by atoms with Crippen molar-refractivity contribution in [3.63, 3.8) is 0 Å². The van der Waals surface area contributed by atoms with E-state index in [4.69, 9.17) is 16.3 Å². The van der Waals surface area contributed by atoms with Crippen LogP contribution in [-0.4, -0.2) is 37.0 Å². The van der Waals surface area contributed by atoms with E-state index in [9.17, 15) is 13.2 Å². The summed E-state index contributed by atoms with van der Waals surface area (Å²) in [5.41, 5.74) is 2.09. The number of rotatable bonds is 10. The number of imidazole rings is 1. The number of hydrogen-bond acceptors (Lipinski definition) is 5. The van der Waals surface area contributed by atoms with E-state index in [2.05, 4.69) is 10.3 Å². The number of halogens is 1. The molecule has 0 saturated carbocycles. The van der Waals surface area contributed by atoms with Crippen LogP contribution in [0.1, 0.15) is 18.3 Å². The summed E-state index contributed by atoms with van der Waals surface area (Å²) < 4.78 is 35.6. The van der Waals surface area contributed by atoms with Crippen molar-refractivity contribution >= 4 is 33.2 Å². The Hall–Kier alpha value is -3.82. The third-order valence-corrected chi connectivity index (χ3v) is 7.72. The maximum absolute atomic E-state index is 13.6. The standard InChI is InChI=1S/C27H27ClN4O4S/c1-3-36-24-12-10-23(11-13-24)32(37(34,35)25-14-8-22(28)9-15-25)19-27(33)30-18-21-6-4-5-7-26(21)31-17-16-29-20(31)2/h4-17H,3,18-19H2,1-2H3,(H,30,33). The van der Waals surface area contributed by atoms with Crippen molar-refractivity contribution in [3.05, 3.63) is 102 Å². The van der Waals surface area contributed by atoms with Gasteiger partial charge in [0.25, 0.3) is 10.0 Å². The van der Waals surface area contributed by atoms with E-state index in [-0.39, 0.29) is 11.4 Å². The van der Waals surface area contributed by atoms with E-state index in [1.165, 1.54) is 24.3 Å². The minimum atomic E-state index is -4.06. The van der Waals surface area contributed by atoms with Gasteiger partial charge in [-0.25, -0.2) is 13.4 Å². The summed E-state index contributed by atoms with van der Waals surface area (Å²) in [5.74, 6) is 0.962. The maximum atomic E-state index is 13.6. The van der Waals surface area contributed by atoms with Gasteiger partial charge in [0, 0.05) is 24.0 Å². The minimum Gasteiger partial charge on any atom is -0.494 e. The van der Waals surface area contributed by atoms with E-state index in [0.29, 0.717) is 23.1 Å². The first-order chi connectivity index (χ1) is 17.8. The van der Waals surface area contributed by atoms with Crippen molar-refractivity contribution in [2.24, 2.45) is 0 Å². The molecule has 4 rings (SSSR count). The molecule has 1 amide bonds. The van der Waals surface area contributed by atoms with Gasteiger partial charge in [-0.15, -0.1) is 0 Å². The summed E-state index contributed by atoms with van der Waals surface area (Å²) in [6, 6.07) is 20.0. The molecular formula is C27H27ClN4O4S. The van der Waals surface area contributed by atoms with Gasteiger partial charge in [0.2, 0.25) is 5.91 Å². The second-order valence-electron chi connectivity index (χ2n) is 8.14. The van der Waals surface area contributed by atoms with Crippen molar-refractivity contribution in [3.8, 4) is 11.4 Å². The zero-order valence-corrected chi connectivity index (χ0v) is 22.0. The lowest BCUT2D eigenvalue weighted by atomic mass is 10.1. The number of aromatic nitrogens is 2. The molecule has 3 aromatic carbocycles. The van der Waals surface area contributed by atoms with Crippen LogP contribution in [0.2, 0.25) is 5.02 Å². The fourth-order valence-corrected chi connectivity index (χ4v) is 5.38. The van der Waals surface area contributed by atoms with E-state index < -0.39 is 22.5 Å². The molecule has 0 fully saturated rings. The highest BCUT2D eigenvalue weighted by Gasteiger charge is 2.27. The van der Waals surface area contributed by atoms with E-state index in [1.807, 2.05) is 48.9 Å². The third-order valence-electron chi connectivity index (χ3n) is 5.68. The van der Waals surface area contributed by atoms with Crippen LogP contribution in [0, 0.1) is 6.92 Å². The Morgan fingerprint density at radius 2 is 1.76 bits per heavy atom. The zero-order valence-electron chi connectivity index (χ0n) is 20.5. The van der Waals surface area contributed by atoms with Crippen LogP contribution >= 0.6 is 11.6 Å². The van der Waals surface area contributed by atoms with Crippen LogP contribution in [0.25, 0.3) is 5.69 Å². The number of carbonyl (C=O) groups is 1. The topological polar surface area (TPSA) is 93.5 Å². The van der Waals surface area contributed by atoms with Gasteiger partial charge in [0.1, 0.15) is 18.1 Å². The molecule has 10 heteroatoms. The second-order valence-corrected chi connectivity index (χ2v) is 10.4. The average molecular weight is 539 g/mol. The number of amides is 1. The quantitative estimate of drug-likeness (QED) is 0.315. The number of benzene rings is 3. The number of anilines is 1. The summed E-state index contributed by atoms with van der Waals surface area (Å²) in [7, 11) is -4.06. The molecule has 0 aliphatic rings. The molecule has 1 aromatic heterocycles. The summed E-state index contributed by atoms with van der Waals surface area (Å²) in [6.45, 7) is 4.04. The number of nitrogens with one attached hydrogen (secondary N) is 1. The SMILES string of the molecule is CCOc1ccc(N(CC(=O)NCc2ccccc2-n2ccnc2C)S(=O)(=O)c2ccc(Cl)cc2)cc1. The van der Waals surface area contributed by atoms with Gasteiger partial charge in [0.15, 0.2) is 0 Å². The Morgan fingerprint density at radius 3 is 2.41 bits per heavy atom. The first kappa shape index (κ1) is 26.2. The predicted octanol–water partition coefficient (Wildman–Crippen LogP) is 4.74. The number of carbonyl (C=O) groups excluding carboxylic acids is 1. The molecule has 0 bridgehead atoms. The minimum absolute atomic E-state index is 0.0273. The molecule has 1 heterocycles. The first-order valence-corrected chi connectivity index (χ1v) is 13.5. The van der Waals surface area contributed by atoms with Crippen molar-refractivity contribution < 1.29 is 17.9 Å². The van der Waals surface area contributed by atoms with Gasteiger partial charge in [-0.05, 0) is 74.0 Å².